The molecule has 6 nitrogen and oxygen atoms in total. The van der Waals surface area contributed by atoms with Crippen LogP contribution in [0.25, 0.3) is 0 Å². The van der Waals surface area contributed by atoms with Gasteiger partial charge in [-0.15, -0.1) is 0 Å². The van der Waals surface area contributed by atoms with Crippen molar-refractivity contribution in [2.24, 2.45) is 0 Å². The SMILES string of the molecule is COC(=O)Cn1cc(NC(=O)c2cc(C)ccc2F)cn1. The van der Waals surface area contributed by atoms with Gasteiger partial charge in [0.1, 0.15) is 12.4 Å². The molecule has 0 atom stereocenters. The van der Waals surface area contributed by atoms with Gasteiger partial charge >= 0.3 is 5.97 Å². The number of halogens is 1. The Kier molecular flexibility index (Phi) is 4.32. The molecule has 1 aromatic carbocycles. The monoisotopic (exact) mass is 291 g/mol. The first-order valence-electron chi connectivity index (χ1n) is 6.16. The molecule has 21 heavy (non-hydrogen) atoms. The fraction of sp³-hybridized carbons (Fsp3) is 0.214. The minimum Gasteiger partial charge on any atom is -0.468 e. The molecule has 0 aliphatic carbocycles. The van der Waals surface area contributed by atoms with Crippen molar-refractivity contribution < 1.29 is 18.7 Å². The molecule has 2 rings (SSSR count). The van der Waals surface area contributed by atoms with Crippen LogP contribution in [0, 0.1) is 12.7 Å². The summed E-state index contributed by atoms with van der Waals surface area (Å²) in [7, 11) is 1.27. The van der Waals surface area contributed by atoms with Gasteiger partial charge in [0.05, 0.1) is 24.6 Å². The normalized spacial score (nSPS) is 10.2. The van der Waals surface area contributed by atoms with Crippen molar-refractivity contribution >= 4 is 17.6 Å². The second kappa shape index (κ2) is 6.17. The number of aromatic nitrogens is 2. The summed E-state index contributed by atoms with van der Waals surface area (Å²) in [5.74, 6) is -1.63. The number of ether oxygens (including phenoxy) is 1. The van der Waals surface area contributed by atoms with Gasteiger partial charge in [0, 0.05) is 6.20 Å². The van der Waals surface area contributed by atoms with E-state index in [0.29, 0.717) is 5.69 Å². The Balaban J connectivity index is 2.09. The highest BCUT2D eigenvalue weighted by molar-refractivity contribution is 6.04. The smallest absolute Gasteiger partial charge is 0.327 e. The zero-order valence-corrected chi connectivity index (χ0v) is 11.6. The highest BCUT2D eigenvalue weighted by atomic mass is 19.1. The van der Waals surface area contributed by atoms with E-state index in [1.165, 1.54) is 36.3 Å². The average Bonchev–Trinajstić information content (AvgIpc) is 2.88. The predicted molar refractivity (Wildman–Crippen MR) is 73.3 cm³/mol. The molecular formula is C14H14FN3O3. The van der Waals surface area contributed by atoms with Gasteiger partial charge in [0.2, 0.25) is 0 Å². The summed E-state index contributed by atoms with van der Waals surface area (Å²) in [5, 5.41) is 6.42. The number of methoxy groups -OCH3 is 1. The lowest BCUT2D eigenvalue weighted by Gasteiger charge is -2.04. The summed E-state index contributed by atoms with van der Waals surface area (Å²) in [6, 6.07) is 4.29. The molecule has 1 aromatic heterocycles. The molecule has 2 aromatic rings. The zero-order chi connectivity index (χ0) is 15.4. The molecule has 1 heterocycles. The molecule has 0 spiro atoms. The van der Waals surface area contributed by atoms with Crippen molar-refractivity contribution in [3.05, 3.63) is 47.5 Å². The molecule has 0 aliphatic rings. The molecule has 0 saturated heterocycles. The summed E-state index contributed by atoms with van der Waals surface area (Å²) in [6.45, 7) is 1.70. The Labute approximate surface area is 120 Å². The Morgan fingerprint density at radius 2 is 2.19 bits per heavy atom. The molecule has 1 amide bonds. The lowest BCUT2D eigenvalue weighted by Crippen LogP contribution is -2.14. The van der Waals surface area contributed by atoms with Crippen LogP contribution in [0.3, 0.4) is 0 Å². The van der Waals surface area contributed by atoms with E-state index in [-0.39, 0.29) is 12.1 Å². The number of nitrogens with one attached hydrogen (secondary N) is 1. The molecule has 0 unspecified atom stereocenters. The number of anilines is 1. The number of carbonyl (C=O) groups excluding carboxylic acids is 2. The van der Waals surface area contributed by atoms with Gasteiger partial charge in [-0.2, -0.15) is 5.10 Å². The van der Waals surface area contributed by atoms with Gasteiger partial charge in [0.15, 0.2) is 0 Å². The Morgan fingerprint density at radius 1 is 1.43 bits per heavy atom. The average molecular weight is 291 g/mol. The van der Waals surface area contributed by atoms with Crippen molar-refractivity contribution in [2.45, 2.75) is 13.5 Å². The lowest BCUT2D eigenvalue weighted by molar-refractivity contribution is -0.141. The maximum absolute atomic E-state index is 13.6. The number of nitrogens with zero attached hydrogens (tertiary/aromatic N) is 2. The topological polar surface area (TPSA) is 73.2 Å². The number of hydrogen-bond acceptors (Lipinski definition) is 4. The number of amides is 1. The van der Waals surface area contributed by atoms with Gasteiger partial charge in [0.25, 0.3) is 5.91 Å². The second-order valence-corrected chi connectivity index (χ2v) is 4.44. The van der Waals surface area contributed by atoms with Gasteiger partial charge in [-0.25, -0.2) is 4.39 Å². The van der Waals surface area contributed by atoms with E-state index < -0.39 is 17.7 Å². The fourth-order valence-electron chi connectivity index (χ4n) is 1.72. The van der Waals surface area contributed by atoms with Crippen molar-refractivity contribution in [3.63, 3.8) is 0 Å². The number of carbonyl (C=O) groups is 2. The lowest BCUT2D eigenvalue weighted by atomic mass is 10.1. The van der Waals surface area contributed by atoms with Crippen LogP contribution in [0.2, 0.25) is 0 Å². The summed E-state index contributed by atoms with van der Waals surface area (Å²) in [6.07, 6.45) is 2.83. The third-order valence-corrected chi connectivity index (χ3v) is 2.78. The molecule has 110 valence electrons. The molecule has 7 heteroatoms. The highest BCUT2D eigenvalue weighted by Gasteiger charge is 2.13. The van der Waals surface area contributed by atoms with E-state index in [0.717, 1.165) is 5.56 Å². The number of hydrogen-bond donors (Lipinski definition) is 1. The maximum Gasteiger partial charge on any atom is 0.327 e. The Bertz CT molecular complexity index is 682. The van der Waals surface area contributed by atoms with Gasteiger partial charge in [-0.05, 0) is 19.1 Å². The van der Waals surface area contributed by atoms with Crippen LogP contribution in [-0.2, 0) is 16.1 Å². The van der Waals surface area contributed by atoms with Crippen molar-refractivity contribution in [3.8, 4) is 0 Å². The molecule has 0 bridgehead atoms. The second-order valence-electron chi connectivity index (χ2n) is 4.44. The van der Waals surface area contributed by atoms with E-state index >= 15 is 0 Å². The van der Waals surface area contributed by atoms with Crippen molar-refractivity contribution in [1.29, 1.82) is 0 Å². The van der Waals surface area contributed by atoms with Crippen LogP contribution in [0.4, 0.5) is 10.1 Å². The zero-order valence-electron chi connectivity index (χ0n) is 11.6. The van der Waals surface area contributed by atoms with Crippen LogP contribution in [0.5, 0.6) is 0 Å². The summed E-state index contributed by atoms with van der Waals surface area (Å²) in [5.41, 5.74) is 1.10. The third kappa shape index (κ3) is 3.65. The van der Waals surface area contributed by atoms with Gasteiger partial charge in [-0.3, -0.25) is 14.3 Å². The molecule has 0 fully saturated rings. The van der Waals surface area contributed by atoms with Crippen LogP contribution in [0.1, 0.15) is 15.9 Å². The van der Waals surface area contributed by atoms with Crippen molar-refractivity contribution in [1.82, 2.24) is 9.78 Å². The largest absolute Gasteiger partial charge is 0.468 e. The first kappa shape index (κ1) is 14.7. The number of esters is 1. The van der Waals surface area contributed by atoms with Crippen LogP contribution >= 0.6 is 0 Å². The first-order chi connectivity index (χ1) is 9.99. The molecule has 0 saturated carbocycles. The van der Waals surface area contributed by atoms with Crippen LogP contribution in [0.15, 0.2) is 30.6 Å². The van der Waals surface area contributed by atoms with Crippen molar-refractivity contribution in [2.75, 3.05) is 12.4 Å². The summed E-state index contributed by atoms with van der Waals surface area (Å²) >= 11 is 0. The van der Waals surface area contributed by atoms with E-state index in [2.05, 4.69) is 15.2 Å². The van der Waals surface area contributed by atoms with E-state index in [1.807, 2.05) is 0 Å². The van der Waals surface area contributed by atoms with E-state index in [4.69, 9.17) is 0 Å². The highest BCUT2D eigenvalue weighted by Crippen LogP contribution is 2.13. The molecule has 1 N–H and O–H groups in total. The maximum atomic E-state index is 13.6. The van der Waals surface area contributed by atoms with Crippen LogP contribution in [-0.4, -0.2) is 28.8 Å². The van der Waals surface area contributed by atoms with E-state index in [1.54, 1.807) is 13.0 Å². The number of benzene rings is 1. The molecule has 0 aliphatic heterocycles. The minimum atomic E-state index is -0.597. The van der Waals surface area contributed by atoms with Gasteiger partial charge in [-0.1, -0.05) is 11.6 Å². The third-order valence-electron chi connectivity index (χ3n) is 2.78. The summed E-state index contributed by atoms with van der Waals surface area (Å²) in [4.78, 5) is 23.1. The fourth-order valence-corrected chi connectivity index (χ4v) is 1.72. The Morgan fingerprint density at radius 3 is 2.90 bits per heavy atom. The minimum absolute atomic E-state index is 0.0456. The van der Waals surface area contributed by atoms with E-state index in [9.17, 15) is 14.0 Å². The standard InChI is InChI=1S/C14H14FN3O3/c1-9-3-4-12(15)11(5-9)14(20)17-10-6-16-18(7-10)8-13(19)21-2/h3-7H,8H2,1-2H3,(H,17,20). The number of aryl methyl sites for hydroxylation is 1. The molecular weight excluding hydrogens is 277 g/mol. The summed E-state index contributed by atoms with van der Waals surface area (Å²) < 4.78 is 19.4. The Hall–Kier alpha value is -2.70. The van der Waals surface area contributed by atoms with Gasteiger partial charge < -0.3 is 10.1 Å². The predicted octanol–water partition coefficient (Wildman–Crippen LogP) is 1.76. The first-order valence-corrected chi connectivity index (χ1v) is 6.16. The van der Waals surface area contributed by atoms with Crippen LogP contribution < -0.4 is 5.32 Å². The number of rotatable bonds is 4. The molecule has 0 radical (unpaired) electrons. The quantitative estimate of drug-likeness (QED) is 0.871.